The van der Waals surface area contributed by atoms with E-state index in [0.717, 1.165) is 0 Å². The maximum Gasteiger partial charge on any atom is 0.378 e. The Bertz CT molecular complexity index is 169. The minimum Gasteiger partial charge on any atom is -0.481 e. The molecule has 0 aromatic rings. The predicted molar refractivity (Wildman–Crippen MR) is 32.8 cm³/mol. The second kappa shape index (κ2) is 3.68. The molecule has 0 aliphatic carbocycles. The van der Waals surface area contributed by atoms with Crippen LogP contribution in [-0.4, -0.2) is 23.8 Å². The van der Waals surface area contributed by atoms with Crippen molar-refractivity contribution in [2.75, 3.05) is 12.8 Å². The summed E-state index contributed by atoms with van der Waals surface area (Å²) >= 11 is 0. The van der Waals surface area contributed by atoms with Gasteiger partial charge in [-0.3, -0.25) is 9.36 Å². The summed E-state index contributed by atoms with van der Waals surface area (Å²) in [7, 11) is -4.35. The molecule has 0 spiro atoms. The molecule has 6 heteroatoms. The third-order valence-corrected chi connectivity index (χ3v) is 1.94. The van der Waals surface area contributed by atoms with E-state index < -0.39 is 19.8 Å². The highest BCUT2D eigenvalue weighted by Crippen LogP contribution is 2.47. The SMILES string of the molecule is CCOP(=O)(F)CC(=O)O. The van der Waals surface area contributed by atoms with E-state index in [9.17, 15) is 13.6 Å². The molecule has 1 atom stereocenters. The van der Waals surface area contributed by atoms with Crippen LogP contribution in [0.15, 0.2) is 0 Å². The van der Waals surface area contributed by atoms with Crippen LogP contribution in [0, 0.1) is 0 Å². The molecule has 0 aliphatic heterocycles. The minimum atomic E-state index is -4.35. The highest BCUT2D eigenvalue weighted by molar-refractivity contribution is 7.54. The number of rotatable bonds is 4. The first-order valence-corrected chi connectivity index (χ1v) is 4.33. The van der Waals surface area contributed by atoms with Gasteiger partial charge in [0, 0.05) is 0 Å². The molecule has 0 fully saturated rings. The van der Waals surface area contributed by atoms with Gasteiger partial charge in [0.05, 0.1) is 6.61 Å². The molecule has 0 bridgehead atoms. The van der Waals surface area contributed by atoms with Gasteiger partial charge in [0.15, 0.2) is 6.16 Å². The Labute approximate surface area is 57.6 Å². The van der Waals surface area contributed by atoms with E-state index in [1.54, 1.807) is 0 Å². The quantitative estimate of drug-likeness (QED) is 0.645. The van der Waals surface area contributed by atoms with Crippen LogP contribution in [0.1, 0.15) is 6.92 Å². The van der Waals surface area contributed by atoms with Crippen LogP contribution in [-0.2, 0) is 13.9 Å². The third kappa shape index (κ3) is 4.47. The van der Waals surface area contributed by atoms with Gasteiger partial charge in [0.1, 0.15) is 0 Å². The second-order valence-electron chi connectivity index (χ2n) is 1.56. The summed E-state index contributed by atoms with van der Waals surface area (Å²) in [6, 6.07) is 0. The topological polar surface area (TPSA) is 63.6 Å². The van der Waals surface area contributed by atoms with Gasteiger partial charge in [-0.05, 0) is 6.92 Å². The van der Waals surface area contributed by atoms with Crippen LogP contribution in [0.4, 0.5) is 4.20 Å². The van der Waals surface area contributed by atoms with E-state index in [1.807, 2.05) is 0 Å². The van der Waals surface area contributed by atoms with E-state index in [2.05, 4.69) is 4.52 Å². The molecule has 0 amide bonds. The highest BCUT2D eigenvalue weighted by atomic mass is 31.2. The fraction of sp³-hybridized carbons (Fsp3) is 0.750. The van der Waals surface area contributed by atoms with Crippen molar-refractivity contribution in [2.45, 2.75) is 6.92 Å². The lowest BCUT2D eigenvalue weighted by Crippen LogP contribution is -2.02. The maximum atomic E-state index is 12.3. The summed E-state index contributed by atoms with van der Waals surface area (Å²) in [4.78, 5) is 9.80. The summed E-state index contributed by atoms with van der Waals surface area (Å²) < 4.78 is 26.7. The van der Waals surface area contributed by atoms with E-state index in [-0.39, 0.29) is 6.61 Å². The molecule has 0 heterocycles. The van der Waals surface area contributed by atoms with Crippen molar-refractivity contribution in [3.63, 3.8) is 0 Å². The summed E-state index contributed by atoms with van der Waals surface area (Å²) in [6.45, 7) is 1.36. The van der Waals surface area contributed by atoms with Gasteiger partial charge in [-0.2, -0.15) is 4.20 Å². The predicted octanol–water partition coefficient (Wildman–Crippen LogP) is 1.27. The van der Waals surface area contributed by atoms with Crippen LogP contribution < -0.4 is 0 Å². The number of carboxylic acids is 1. The third-order valence-electron chi connectivity index (χ3n) is 0.646. The van der Waals surface area contributed by atoms with Gasteiger partial charge in [0.2, 0.25) is 0 Å². The van der Waals surface area contributed by atoms with Crippen LogP contribution in [0.3, 0.4) is 0 Å². The van der Waals surface area contributed by atoms with Crippen molar-refractivity contribution in [3.8, 4) is 0 Å². The smallest absolute Gasteiger partial charge is 0.378 e. The van der Waals surface area contributed by atoms with Crippen LogP contribution in [0.2, 0.25) is 0 Å². The number of carboxylic acid groups (broad SMARTS) is 1. The molecule has 0 aliphatic rings. The first kappa shape index (κ1) is 9.59. The van der Waals surface area contributed by atoms with E-state index >= 15 is 0 Å². The first-order valence-electron chi connectivity index (χ1n) is 2.63. The number of hydrogen-bond donors (Lipinski definition) is 1. The van der Waals surface area contributed by atoms with E-state index in [0.29, 0.717) is 0 Å². The molecule has 0 saturated carbocycles. The number of halogens is 1. The number of aliphatic carboxylic acids is 1. The summed E-state index contributed by atoms with van der Waals surface area (Å²) in [5.41, 5.74) is 0. The Kier molecular flexibility index (Phi) is 3.53. The van der Waals surface area contributed by atoms with Crippen LogP contribution in [0.5, 0.6) is 0 Å². The summed E-state index contributed by atoms with van der Waals surface area (Å²) in [5.74, 6) is -1.46. The Morgan fingerprint density at radius 1 is 1.80 bits per heavy atom. The Hall–Kier alpha value is -0.410. The molecule has 10 heavy (non-hydrogen) atoms. The van der Waals surface area contributed by atoms with Gasteiger partial charge in [-0.15, -0.1) is 0 Å². The largest absolute Gasteiger partial charge is 0.481 e. The Morgan fingerprint density at radius 3 is 2.60 bits per heavy atom. The standard InChI is InChI=1S/C4H8FO4P/c1-2-9-10(5,8)3-4(6)7/h2-3H2,1H3,(H,6,7). The molecule has 1 unspecified atom stereocenters. The van der Waals surface area contributed by atoms with Crippen molar-refractivity contribution >= 4 is 13.6 Å². The van der Waals surface area contributed by atoms with Crippen molar-refractivity contribution in [1.82, 2.24) is 0 Å². The Balaban J connectivity index is 3.87. The molecule has 4 nitrogen and oxygen atoms in total. The van der Waals surface area contributed by atoms with Crippen LogP contribution in [0.25, 0.3) is 0 Å². The minimum absolute atomic E-state index is 0.0823. The fourth-order valence-electron chi connectivity index (χ4n) is 0.400. The monoisotopic (exact) mass is 170 g/mol. The molecule has 0 rings (SSSR count). The molecule has 0 aromatic carbocycles. The lowest BCUT2D eigenvalue weighted by molar-refractivity contribution is -0.134. The average molecular weight is 170 g/mol. The maximum absolute atomic E-state index is 12.3. The molecular weight excluding hydrogens is 162 g/mol. The highest BCUT2D eigenvalue weighted by Gasteiger charge is 2.25. The van der Waals surface area contributed by atoms with Gasteiger partial charge in [0.25, 0.3) is 0 Å². The van der Waals surface area contributed by atoms with Gasteiger partial charge in [-0.1, -0.05) is 0 Å². The lowest BCUT2D eigenvalue weighted by atomic mass is 10.8. The summed E-state index contributed by atoms with van der Waals surface area (Å²) in [6.07, 6.45) is -1.05. The van der Waals surface area contributed by atoms with Crippen molar-refractivity contribution in [1.29, 1.82) is 0 Å². The van der Waals surface area contributed by atoms with Crippen molar-refractivity contribution in [3.05, 3.63) is 0 Å². The molecule has 0 saturated heterocycles. The number of carbonyl (C=O) groups is 1. The second-order valence-corrected chi connectivity index (χ2v) is 3.31. The molecule has 1 N–H and O–H groups in total. The molecular formula is C4H8FO4P. The normalized spacial score (nSPS) is 16.2. The molecule has 0 radical (unpaired) electrons. The van der Waals surface area contributed by atoms with E-state index in [1.165, 1.54) is 6.92 Å². The zero-order valence-electron chi connectivity index (χ0n) is 5.41. The summed E-state index contributed by atoms with van der Waals surface area (Å²) in [5, 5.41) is 7.98. The van der Waals surface area contributed by atoms with Gasteiger partial charge in [-0.25, -0.2) is 0 Å². The average Bonchev–Trinajstić information content (AvgIpc) is 1.59. The lowest BCUT2D eigenvalue weighted by Gasteiger charge is -2.03. The van der Waals surface area contributed by atoms with Gasteiger partial charge < -0.3 is 9.63 Å². The van der Waals surface area contributed by atoms with Crippen molar-refractivity contribution < 1.29 is 23.2 Å². The van der Waals surface area contributed by atoms with Gasteiger partial charge >= 0.3 is 13.6 Å². The van der Waals surface area contributed by atoms with E-state index in [4.69, 9.17) is 5.11 Å². The molecule has 0 aromatic heterocycles. The fourth-order valence-corrected chi connectivity index (χ4v) is 1.20. The Morgan fingerprint density at radius 2 is 2.30 bits per heavy atom. The first-order chi connectivity index (χ1) is 4.48. The van der Waals surface area contributed by atoms with Crippen LogP contribution >= 0.6 is 7.68 Å². The number of hydrogen-bond acceptors (Lipinski definition) is 3. The zero-order valence-corrected chi connectivity index (χ0v) is 6.31. The zero-order chi connectivity index (χ0) is 8.20. The molecule has 60 valence electrons. The van der Waals surface area contributed by atoms with Crippen molar-refractivity contribution in [2.24, 2.45) is 0 Å².